The summed E-state index contributed by atoms with van der Waals surface area (Å²) in [4.78, 5) is 31.2. The number of amides is 1. The van der Waals surface area contributed by atoms with Crippen LogP contribution in [0.4, 0.5) is 0 Å². The van der Waals surface area contributed by atoms with E-state index < -0.39 is 17.9 Å². The Labute approximate surface area is 114 Å². The number of aliphatic carboxylic acids is 1. The Hall–Kier alpha value is -2.51. The number of fused-ring (bicyclic) bond motifs is 1. The van der Waals surface area contributed by atoms with Crippen LogP contribution in [0.5, 0.6) is 0 Å². The molecular formula is C12H15N5O3. The Morgan fingerprint density at radius 1 is 1.35 bits per heavy atom. The number of hydrogen-bond donors (Lipinski definition) is 2. The van der Waals surface area contributed by atoms with E-state index in [9.17, 15) is 9.59 Å². The molecule has 8 nitrogen and oxygen atoms in total. The first-order chi connectivity index (χ1) is 9.41. The summed E-state index contributed by atoms with van der Waals surface area (Å²) in [6.45, 7) is 5.15. The summed E-state index contributed by atoms with van der Waals surface area (Å²) in [5, 5.41) is 15.5. The van der Waals surface area contributed by atoms with Gasteiger partial charge in [-0.15, -0.1) is 0 Å². The van der Waals surface area contributed by atoms with Crippen molar-refractivity contribution >= 4 is 17.7 Å². The van der Waals surface area contributed by atoms with E-state index in [0.29, 0.717) is 11.5 Å². The molecule has 2 rings (SSSR count). The second-order valence-electron chi connectivity index (χ2n) is 4.76. The van der Waals surface area contributed by atoms with Crippen LogP contribution < -0.4 is 5.32 Å². The van der Waals surface area contributed by atoms with Gasteiger partial charge in [0.2, 0.25) is 0 Å². The molecule has 106 valence electrons. The van der Waals surface area contributed by atoms with E-state index in [2.05, 4.69) is 20.4 Å². The zero-order valence-electron chi connectivity index (χ0n) is 11.4. The van der Waals surface area contributed by atoms with Crippen LogP contribution in [-0.4, -0.2) is 42.6 Å². The number of carbonyl (C=O) groups excluding carboxylic acids is 1. The second-order valence-corrected chi connectivity index (χ2v) is 4.76. The molecule has 0 unspecified atom stereocenters. The van der Waals surface area contributed by atoms with E-state index in [1.54, 1.807) is 20.8 Å². The number of aromatic nitrogens is 4. The van der Waals surface area contributed by atoms with Gasteiger partial charge >= 0.3 is 5.97 Å². The van der Waals surface area contributed by atoms with Crippen LogP contribution in [0, 0.1) is 12.8 Å². The quantitative estimate of drug-likeness (QED) is 0.830. The molecule has 20 heavy (non-hydrogen) atoms. The summed E-state index contributed by atoms with van der Waals surface area (Å²) in [6.07, 6.45) is 2.71. The summed E-state index contributed by atoms with van der Waals surface area (Å²) in [5.74, 6) is -1.40. The van der Waals surface area contributed by atoms with Gasteiger partial charge in [0.15, 0.2) is 0 Å². The molecule has 2 N–H and O–H groups in total. The minimum absolute atomic E-state index is 0.222. The molecule has 2 aromatic heterocycles. The molecular weight excluding hydrogens is 262 g/mol. The lowest BCUT2D eigenvalue weighted by atomic mass is 10.0. The maximum atomic E-state index is 12.2. The van der Waals surface area contributed by atoms with Crippen molar-refractivity contribution in [2.45, 2.75) is 26.8 Å². The third kappa shape index (κ3) is 2.44. The number of rotatable bonds is 4. The van der Waals surface area contributed by atoms with Gasteiger partial charge in [0.25, 0.3) is 11.7 Å². The molecule has 0 saturated carbocycles. The summed E-state index contributed by atoms with van der Waals surface area (Å²) in [6, 6.07) is -0.951. The normalized spacial score (nSPS) is 12.6. The van der Waals surface area contributed by atoms with Crippen LogP contribution >= 0.6 is 0 Å². The van der Waals surface area contributed by atoms with Crippen LogP contribution in [0.25, 0.3) is 5.78 Å². The van der Waals surface area contributed by atoms with Gasteiger partial charge in [0.05, 0.1) is 11.3 Å². The molecule has 1 amide bonds. The third-order valence-electron chi connectivity index (χ3n) is 3.01. The molecule has 0 aromatic carbocycles. The number of carboxylic acid groups (broad SMARTS) is 1. The third-order valence-corrected chi connectivity index (χ3v) is 3.01. The molecule has 2 heterocycles. The molecule has 2 aromatic rings. The maximum Gasteiger partial charge on any atom is 0.326 e. The second kappa shape index (κ2) is 5.24. The molecule has 0 bridgehead atoms. The number of nitrogens with zero attached hydrogens (tertiary/aromatic N) is 4. The van der Waals surface area contributed by atoms with Gasteiger partial charge in [-0.2, -0.15) is 10.1 Å². The van der Waals surface area contributed by atoms with Crippen LogP contribution in [0.1, 0.15) is 29.9 Å². The first-order valence-electron chi connectivity index (χ1n) is 6.10. The number of aryl methyl sites for hydroxylation is 1. The zero-order valence-corrected chi connectivity index (χ0v) is 11.4. The largest absolute Gasteiger partial charge is 0.480 e. The molecule has 1 atom stereocenters. The van der Waals surface area contributed by atoms with E-state index in [-0.39, 0.29) is 11.5 Å². The Bertz CT molecular complexity index is 664. The predicted molar refractivity (Wildman–Crippen MR) is 69.2 cm³/mol. The van der Waals surface area contributed by atoms with Crippen LogP contribution in [0.15, 0.2) is 12.5 Å². The highest BCUT2D eigenvalue weighted by Gasteiger charge is 2.25. The van der Waals surface area contributed by atoms with Crippen LogP contribution in [-0.2, 0) is 4.79 Å². The molecule has 8 heteroatoms. The van der Waals surface area contributed by atoms with Gasteiger partial charge in [-0.1, -0.05) is 13.8 Å². The molecule has 0 aliphatic heterocycles. The Morgan fingerprint density at radius 2 is 2.05 bits per heavy atom. The molecule has 0 aliphatic rings. The van der Waals surface area contributed by atoms with Crippen molar-refractivity contribution in [2.75, 3.05) is 0 Å². The minimum atomic E-state index is -1.07. The van der Waals surface area contributed by atoms with E-state index in [4.69, 9.17) is 5.11 Å². The average molecular weight is 277 g/mol. The highest BCUT2D eigenvalue weighted by atomic mass is 16.4. The molecule has 0 aliphatic carbocycles. The molecule has 0 radical (unpaired) electrons. The van der Waals surface area contributed by atoms with Gasteiger partial charge in [-0.25, -0.2) is 14.3 Å². The number of carboxylic acids is 1. The summed E-state index contributed by atoms with van der Waals surface area (Å²) < 4.78 is 1.43. The van der Waals surface area contributed by atoms with Gasteiger partial charge < -0.3 is 10.4 Å². The fraction of sp³-hybridized carbons (Fsp3) is 0.417. The lowest BCUT2D eigenvalue weighted by Gasteiger charge is -2.18. The Balaban J connectivity index is 2.31. The monoisotopic (exact) mass is 277 g/mol. The minimum Gasteiger partial charge on any atom is -0.480 e. The zero-order chi connectivity index (χ0) is 14.9. The number of carbonyl (C=O) groups is 2. The fourth-order valence-corrected chi connectivity index (χ4v) is 1.85. The van der Waals surface area contributed by atoms with Gasteiger partial charge in [-0.3, -0.25) is 4.79 Å². The van der Waals surface area contributed by atoms with Crippen molar-refractivity contribution in [2.24, 2.45) is 5.92 Å². The lowest BCUT2D eigenvalue weighted by molar-refractivity contribution is -0.140. The van der Waals surface area contributed by atoms with Gasteiger partial charge in [-0.05, 0) is 12.8 Å². The van der Waals surface area contributed by atoms with E-state index in [0.717, 1.165) is 0 Å². The molecule has 0 saturated heterocycles. The number of hydrogen-bond acceptors (Lipinski definition) is 5. The van der Waals surface area contributed by atoms with Crippen molar-refractivity contribution in [3.63, 3.8) is 0 Å². The van der Waals surface area contributed by atoms with Crippen molar-refractivity contribution in [3.05, 3.63) is 23.8 Å². The van der Waals surface area contributed by atoms with Gasteiger partial charge in [0.1, 0.15) is 12.4 Å². The van der Waals surface area contributed by atoms with E-state index >= 15 is 0 Å². The average Bonchev–Trinajstić information content (AvgIpc) is 2.84. The predicted octanol–water partition coefficient (Wildman–Crippen LogP) is 0.272. The summed E-state index contributed by atoms with van der Waals surface area (Å²) >= 11 is 0. The highest BCUT2D eigenvalue weighted by molar-refractivity contribution is 5.97. The van der Waals surface area contributed by atoms with Crippen LogP contribution in [0.3, 0.4) is 0 Å². The van der Waals surface area contributed by atoms with Crippen LogP contribution in [0.2, 0.25) is 0 Å². The van der Waals surface area contributed by atoms with E-state index in [1.165, 1.54) is 17.0 Å². The van der Waals surface area contributed by atoms with Crippen molar-refractivity contribution in [1.82, 2.24) is 24.9 Å². The first kappa shape index (κ1) is 13.9. The molecule has 0 spiro atoms. The lowest BCUT2D eigenvalue weighted by Crippen LogP contribution is -2.44. The topological polar surface area (TPSA) is 109 Å². The summed E-state index contributed by atoms with van der Waals surface area (Å²) in [7, 11) is 0. The van der Waals surface area contributed by atoms with Gasteiger partial charge in [0, 0.05) is 6.20 Å². The fourth-order valence-electron chi connectivity index (χ4n) is 1.85. The smallest absolute Gasteiger partial charge is 0.326 e. The molecule has 0 fully saturated rings. The standard InChI is InChI=1S/C12H15N5O3/c1-6(2)9(11(19)20)16-10(18)8-4-13-12-14-5-15-17(12)7(8)3/h4-6,9H,1-3H3,(H,16,18)(H,19,20)/t9-/m0/s1. The van der Waals surface area contributed by atoms with E-state index in [1.807, 2.05) is 0 Å². The SMILES string of the molecule is Cc1c(C(=O)N[C@H](C(=O)O)C(C)C)cnc2ncnn12. The van der Waals surface area contributed by atoms with Crippen molar-refractivity contribution in [1.29, 1.82) is 0 Å². The maximum absolute atomic E-state index is 12.2. The first-order valence-corrected chi connectivity index (χ1v) is 6.10. The Kier molecular flexibility index (Phi) is 3.64. The summed E-state index contributed by atoms with van der Waals surface area (Å²) in [5.41, 5.74) is 0.827. The Morgan fingerprint density at radius 3 is 2.65 bits per heavy atom. The van der Waals surface area contributed by atoms with Crippen molar-refractivity contribution in [3.8, 4) is 0 Å². The number of nitrogens with one attached hydrogen (secondary N) is 1. The van der Waals surface area contributed by atoms with Crippen molar-refractivity contribution < 1.29 is 14.7 Å². The highest BCUT2D eigenvalue weighted by Crippen LogP contribution is 2.09.